The van der Waals surface area contributed by atoms with Gasteiger partial charge in [-0.15, -0.1) is 11.8 Å². The first-order valence-electron chi connectivity index (χ1n) is 4.95. The van der Waals surface area contributed by atoms with Crippen LogP contribution in [-0.4, -0.2) is 10.2 Å². The Morgan fingerprint density at radius 1 is 1.27 bits per heavy atom. The van der Waals surface area contributed by atoms with E-state index in [-0.39, 0.29) is 5.43 Å². The van der Waals surface area contributed by atoms with Crippen molar-refractivity contribution in [2.75, 3.05) is 0 Å². The SMILES string of the molecule is CC(C)Sc1ccc2[nH]ccc(=O)c2c1. The van der Waals surface area contributed by atoms with Gasteiger partial charge in [0.05, 0.1) is 0 Å². The molecule has 2 aromatic rings. The van der Waals surface area contributed by atoms with Crippen molar-refractivity contribution in [3.05, 3.63) is 40.7 Å². The molecule has 0 atom stereocenters. The van der Waals surface area contributed by atoms with E-state index in [1.165, 1.54) is 0 Å². The van der Waals surface area contributed by atoms with Crippen molar-refractivity contribution in [3.63, 3.8) is 0 Å². The van der Waals surface area contributed by atoms with E-state index >= 15 is 0 Å². The second kappa shape index (κ2) is 4.11. The van der Waals surface area contributed by atoms with Gasteiger partial charge in [-0.25, -0.2) is 0 Å². The minimum atomic E-state index is 0.0787. The molecular weight excluding hydrogens is 206 g/mol. The monoisotopic (exact) mass is 219 g/mol. The number of aromatic nitrogens is 1. The first-order valence-corrected chi connectivity index (χ1v) is 5.83. The van der Waals surface area contributed by atoms with E-state index in [1.807, 2.05) is 18.2 Å². The second-order valence-corrected chi connectivity index (χ2v) is 5.37. The van der Waals surface area contributed by atoms with Crippen molar-refractivity contribution in [1.82, 2.24) is 4.98 Å². The van der Waals surface area contributed by atoms with Crippen LogP contribution in [0.3, 0.4) is 0 Å². The van der Waals surface area contributed by atoms with Gasteiger partial charge in [-0.3, -0.25) is 4.79 Å². The maximum atomic E-state index is 11.6. The Morgan fingerprint density at radius 3 is 2.80 bits per heavy atom. The fraction of sp³-hybridized carbons (Fsp3) is 0.250. The van der Waals surface area contributed by atoms with E-state index in [0.29, 0.717) is 5.25 Å². The fourth-order valence-corrected chi connectivity index (χ4v) is 2.37. The van der Waals surface area contributed by atoms with E-state index in [4.69, 9.17) is 0 Å². The lowest BCUT2D eigenvalue weighted by Gasteiger charge is -2.05. The van der Waals surface area contributed by atoms with Crippen molar-refractivity contribution in [3.8, 4) is 0 Å². The quantitative estimate of drug-likeness (QED) is 0.787. The van der Waals surface area contributed by atoms with Crippen LogP contribution in [-0.2, 0) is 0 Å². The Bertz CT molecular complexity index is 530. The number of fused-ring (bicyclic) bond motifs is 1. The number of nitrogens with one attached hydrogen (secondary N) is 1. The second-order valence-electron chi connectivity index (χ2n) is 3.72. The average Bonchev–Trinajstić information content (AvgIpc) is 2.18. The molecule has 1 N–H and O–H groups in total. The summed E-state index contributed by atoms with van der Waals surface area (Å²) < 4.78 is 0. The van der Waals surface area contributed by atoms with E-state index in [9.17, 15) is 4.79 Å². The Kier molecular flexibility index (Phi) is 2.82. The molecule has 0 unspecified atom stereocenters. The van der Waals surface area contributed by atoms with E-state index in [0.717, 1.165) is 15.8 Å². The molecule has 0 aliphatic rings. The first-order chi connectivity index (χ1) is 7.16. The minimum absolute atomic E-state index is 0.0787. The van der Waals surface area contributed by atoms with Crippen LogP contribution in [0.2, 0.25) is 0 Å². The molecule has 0 amide bonds. The fourth-order valence-electron chi connectivity index (χ4n) is 1.50. The smallest absolute Gasteiger partial charge is 0.189 e. The highest BCUT2D eigenvalue weighted by atomic mass is 32.2. The van der Waals surface area contributed by atoms with Crippen molar-refractivity contribution >= 4 is 22.7 Å². The zero-order valence-electron chi connectivity index (χ0n) is 8.78. The highest BCUT2D eigenvalue weighted by Gasteiger charge is 2.02. The summed E-state index contributed by atoms with van der Waals surface area (Å²) in [5, 5.41) is 1.30. The van der Waals surface area contributed by atoms with Gasteiger partial charge in [0.1, 0.15) is 0 Å². The molecule has 1 aromatic carbocycles. The van der Waals surface area contributed by atoms with Crippen LogP contribution in [0.1, 0.15) is 13.8 Å². The number of pyridine rings is 1. The summed E-state index contributed by atoms with van der Waals surface area (Å²) in [4.78, 5) is 15.8. The molecule has 2 rings (SSSR count). The number of thioether (sulfide) groups is 1. The Morgan fingerprint density at radius 2 is 2.07 bits per heavy atom. The average molecular weight is 219 g/mol. The molecule has 0 spiro atoms. The molecule has 1 aromatic heterocycles. The molecule has 0 fully saturated rings. The van der Waals surface area contributed by atoms with E-state index < -0.39 is 0 Å². The zero-order chi connectivity index (χ0) is 10.8. The van der Waals surface area contributed by atoms with Gasteiger partial charge < -0.3 is 4.98 Å². The summed E-state index contributed by atoms with van der Waals surface area (Å²) in [5.74, 6) is 0. The summed E-state index contributed by atoms with van der Waals surface area (Å²) in [6.07, 6.45) is 1.68. The largest absolute Gasteiger partial charge is 0.361 e. The summed E-state index contributed by atoms with van der Waals surface area (Å²) >= 11 is 1.77. The van der Waals surface area contributed by atoms with Gasteiger partial charge in [0.25, 0.3) is 0 Å². The first kappa shape index (κ1) is 10.3. The van der Waals surface area contributed by atoms with E-state index in [2.05, 4.69) is 18.8 Å². The van der Waals surface area contributed by atoms with Gasteiger partial charge in [0.2, 0.25) is 0 Å². The number of rotatable bonds is 2. The van der Waals surface area contributed by atoms with Crippen LogP contribution in [0.4, 0.5) is 0 Å². The topological polar surface area (TPSA) is 32.9 Å². The molecule has 0 saturated carbocycles. The number of benzene rings is 1. The number of H-pyrrole nitrogens is 1. The Hall–Kier alpha value is -1.22. The van der Waals surface area contributed by atoms with E-state index in [1.54, 1.807) is 24.0 Å². The molecule has 0 saturated heterocycles. The van der Waals surface area contributed by atoms with Crippen LogP contribution in [0.25, 0.3) is 10.9 Å². The Balaban J connectivity index is 2.55. The molecule has 2 nitrogen and oxygen atoms in total. The van der Waals surface area contributed by atoms with Gasteiger partial charge in [-0.05, 0) is 18.2 Å². The van der Waals surface area contributed by atoms with Crippen LogP contribution in [0.15, 0.2) is 40.2 Å². The molecule has 0 aliphatic heterocycles. The van der Waals surface area contributed by atoms with Gasteiger partial charge in [0, 0.05) is 33.3 Å². The lowest BCUT2D eigenvalue weighted by atomic mass is 10.2. The maximum Gasteiger partial charge on any atom is 0.189 e. The van der Waals surface area contributed by atoms with Gasteiger partial charge in [0.15, 0.2) is 5.43 Å². The molecule has 0 bridgehead atoms. The third kappa shape index (κ3) is 2.23. The summed E-state index contributed by atoms with van der Waals surface area (Å²) in [6, 6.07) is 7.52. The molecule has 0 radical (unpaired) electrons. The van der Waals surface area contributed by atoms with Gasteiger partial charge >= 0.3 is 0 Å². The molecule has 3 heteroatoms. The molecular formula is C12H13NOS. The summed E-state index contributed by atoms with van der Waals surface area (Å²) in [7, 11) is 0. The molecule has 1 heterocycles. The van der Waals surface area contributed by atoms with Crippen LogP contribution in [0.5, 0.6) is 0 Å². The summed E-state index contributed by atoms with van der Waals surface area (Å²) in [5.41, 5.74) is 0.977. The predicted molar refractivity (Wildman–Crippen MR) is 65.6 cm³/mol. The molecule has 0 aliphatic carbocycles. The van der Waals surface area contributed by atoms with Crippen molar-refractivity contribution in [1.29, 1.82) is 0 Å². The van der Waals surface area contributed by atoms with Crippen LogP contribution in [0, 0.1) is 0 Å². The van der Waals surface area contributed by atoms with Crippen molar-refractivity contribution in [2.24, 2.45) is 0 Å². The minimum Gasteiger partial charge on any atom is -0.361 e. The third-order valence-electron chi connectivity index (χ3n) is 2.10. The predicted octanol–water partition coefficient (Wildman–Crippen LogP) is 3.03. The highest BCUT2D eigenvalue weighted by Crippen LogP contribution is 2.24. The number of hydrogen-bond donors (Lipinski definition) is 1. The maximum absolute atomic E-state index is 11.6. The normalized spacial score (nSPS) is 11.1. The summed E-state index contributed by atoms with van der Waals surface area (Å²) in [6.45, 7) is 4.29. The van der Waals surface area contributed by atoms with Crippen LogP contribution >= 0.6 is 11.8 Å². The lowest BCUT2D eigenvalue weighted by molar-refractivity contribution is 1.11. The molecule has 15 heavy (non-hydrogen) atoms. The van der Waals surface area contributed by atoms with Gasteiger partial charge in [-0.1, -0.05) is 13.8 Å². The molecule has 78 valence electrons. The number of aromatic amines is 1. The highest BCUT2D eigenvalue weighted by molar-refractivity contribution is 7.99. The van der Waals surface area contributed by atoms with Crippen LogP contribution < -0.4 is 5.43 Å². The standard InChI is InChI=1S/C12H13NOS/c1-8(2)15-9-3-4-11-10(7-9)12(14)5-6-13-11/h3-8H,1-2H3,(H,13,14). The third-order valence-corrected chi connectivity index (χ3v) is 3.10. The van der Waals surface area contributed by atoms with Gasteiger partial charge in [-0.2, -0.15) is 0 Å². The lowest BCUT2D eigenvalue weighted by Crippen LogP contribution is -2.00. The van der Waals surface area contributed by atoms with Crippen molar-refractivity contribution < 1.29 is 0 Å². The van der Waals surface area contributed by atoms with Crippen molar-refractivity contribution in [2.45, 2.75) is 24.0 Å². The Labute approximate surface area is 92.7 Å². The number of hydrogen-bond acceptors (Lipinski definition) is 2. The zero-order valence-corrected chi connectivity index (χ0v) is 9.60.